The summed E-state index contributed by atoms with van der Waals surface area (Å²) in [5.74, 6) is -0.856. The number of rotatable bonds is 3. The maximum absolute atomic E-state index is 13.7. The minimum absolute atomic E-state index is 0.0621. The van der Waals surface area contributed by atoms with Gasteiger partial charge in [0.05, 0.1) is 11.3 Å². The molecule has 0 fully saturated rings. The number of carbonyl (C=O) groups is 1. The Hall–Kier alpha value is -1.68. The molecule has 1 aromatic heterocycles. The summed E-state index contributed by atoms with van der Waals surface area (Å²) in [6, 6.07) is 4.08. The van der Waals surface area contributed by atoms with Gasteiger partial charge in [-0.1, -0.05) is 11.6 Å². The van der Waals surface area contributed by atoms with Crippen molar-refractivity contribution in [2.24, 2.45) is 7.05 Å². The molecule has 0 atom stereocenters. The fourth-order valence-corrected chi connectivity index (χ4v) is 2.20. The fraction of sp³-hybridized carbons (Fsp3) is 0.286. The Bertz CT molecular complexity index is 649. The van der Waals surface area contributed by atoms with Gasteiger partial charge in [-0.25, -0.2) is 4.39 Å². The van der Waals surface area contributed by atoms with Crippen molar-refractivity contribution in [2.75, 3.05) is 0 Å². The van der Waals surface area contributed by atoms with Crippen LogP contribution in [0.1, 0.15) is 27.3 Å². The molecule has 19 heavy (non-hydrogen) atoms. The Morgan fingerprint density at radius 2 is 2.11 bits per heavy atom. The van der Waals surface area contributed by atoms with E-state index in [9.17, 15) is 9.18 Å². The second kappa shape index (κ2) is 5.13. The lowest BCUT2D eigenvalue weighted by Gasteiger charge is -2.04. The average molecular weight is 281 g/mol. The zero-order valence-electron chi connectivity index (χ0n) is 11.0. The number of nitrogens with zero attached hydrogens (tertiary/aromatic N) is 2. The van der Waals surface area contributed by atoms with Crippen LogP contribution in [0.3, 0.4) is 0 Å². The van der Waals surface area contributed by atoms with Gasteiger partial charge in [-0.2, -0.15) is 5.10 Å². The van der Waals surface area contributed by atoms with Crippen molar-refractivity contribution in [1.29, 1.82) is 0 Å². The third-order valence-corrected chi connectivity index (χ3v) is 3.46. The van der Waals surface area contributed by atoms with Gasteiger partial charge < -0.3 is 0 Å². The molecular formula is C14H14ClFN2O. The zero-order valence-corrected chi connectivity index (χ0v) is 11.8. The van der Waals surface area contributed by atoms with Crippen LogP contribution >= 0.6 is 11.6 Å². The molecule has 5 heteroatoms. The van der Waals surface area contributed by atoms with E-state index >= 15 is 0 Å². The molecule has 0 spiro atoms. The average Bonchev–Trinajstić information content (AvgIpc) is 2.56. The quantitative estimate of drug-likeness (QED) is 0.809. The highest BCUT2D eigenvalue weighted by Crippen LogP contribution is 2.19. The normalized spacial score (nSPS) is 10.8. The smallest absolute Gasteiger partial charge is 0.170 e. The van der Waals surface area contributed by atoms with Gasteiger partial charge in [0.15, 0.2) is 5.78 Å². The van der Waals surface area contributed by atoms with E-state index in [0.29, 0.717) is 0 Å². The highest BCUT2D eigenvalue weighted by atomic mass is 35.5. The van der Waals surface area contributed by atoms with E-state index in [-0.39, 0.29) is 22.8 Å². The highest BCUT2D eigenvalue weighted by molar-refractivity contribution is 6.30. The molecule has 2 aromatic rings. The van der Waals surface area contributed by atoms with Crippen molar-refractivity contribution in [3.63, 3.8) is 0 Å². The van der Waals surface area contributed by atoms with E-state index in [1.807, 2.05) is 20.9 Å². The number of Topliss-reactive ketones (excluding diaryl/α,β-unsaturated/α-hetero) is 1. The van der Waals surface area contributed by atoms with Crippen molar-refractivity contribution in [3.8, 4) is 0 Å². The molecule has 0 radical (unpaired) electrons. The summed E-state index contributed by atoms with van der Waals surface area (Å²) < 4.78 is 15.4. The lowest BCUT2D eigenvalue weighted by molar-refractivity contribution is 0.0988. The highest BCUT2D eigenvalue weighted by Gasteiger charge is 2.17. The largest absolute Gasteiger partial charge is 0.294 e. The molecule has 0 saturated carbocycles. The van der Waals surface area contributed by atoms with E-state index in [1.165, 1.54) is 12.1 Å². The summed E-state index contributed by atoms with van der Waals surface area (Å²) in [5.41, 5.74) is 2.62. The molecule has 0 amide bonds. The van der Waals surface area contributed by atoms with Crippen molar-refractivity contribution in [2.45, 2.75) is 20.3 Å². The van der Waals surface area contributed by atoms with Gasteiger partial charge in [-0.3, -0.25) is 9.48 Å². The van der Waals surface area contributed by atoms with Crippen LogP contribution in [0, 0.1) is 19.7 Å². The molecule has 3 nitrogen and oxygen atoms in total. The van der Waals surface area contributed by atoms with Gasteiger partial charge in [-0.15, -0.1) is 0 Å². The maximum Gasteiger partial charge on any atom is 0.170 e. The first-order chi connectivity index (χ1) is 8.90. The van der Waals surface area contributed by atoms with Crippen LogP contribution in [-0.4, -0.2) is 15.6 Å². The van der Waals surface area contributed by atoms with Crippen LogP contribution in [0.4, 0.5) is 4.39 Å². The van der Waals surface area contributed by atoms with Crippen LogP contribution in [0.15, 0.2) is 18.2 Å². The van der Waals surface area contributed by atoms with E-state index in [0.717, 1.165) is 23.0 Å². The summed E-state index contributed by atoms with van der Waals surface area (Å²) in [5, 5.41) is 4.52. The van der Waals surface area contributed by atoms with Gasteiger partial charge in [-0.05, 0) is 32.0 Å². The predicted molar refractivity (Wildman–Crippen MR) is 72.1 cm³/mol. The summed E-state index contributed by atoms with van der Waals surface area (Å²) in [6.07, 6.45) is 0.143. The molecular weight excluding hydrogens is 267 g/mol. The first-order valence-electron chi connectivity index (χ1n) is 5.87. The Kier molecular flexibility index (Phi) is 3.71. The Morgan fingerprint density at radius 1 is 1.42 bits per heavy atom. The molecule has 0 aliphatic heterocycles. The standard InChI is InChI=1S/C14H14ClFN2O/c1-8-12(9(2)18(3)17-8)7-14(19)11-5-4-10(15)6-13(11)16/h4-6H,7H2,1-3H3. The Labute approximate surface area is 116 Å². The van der Waals surface area contributed by atoms with Crippen molar-refractivity contribution in [1.82, 2.24) is 9.78 Å². The topological polar surface area (TPSA) is 34.9 Å². The third kappa shape index (κ3) is 2.68. The van der Waals surface area contributed by atoms with E-state index in [2.05, 4.69) is 5.10 Å². The number of halogens is 2. The van der Waals surface area contributed by atoms with Crippen LogP contribution < -0.4 is 0 Å². The van der Waals surface area contributed by atoms with Crippen molar-refractivity contribution >= 4 is 17.4 Å². The third-order valence-electron chi connectivity index (χ3n) is 3.23. The second-order valence-electron chi connectivity index (χ2n) is 4.50. The Balaban J connectivity index is 2.31. The fourth-order valence-electron chi connectivity index (χ4n) is 2.04. The van der Waals surface area contributed by atoms with E-state index < -0.39 is 5.82 Å². The van der Waals surface area contributed by atoms with Gasteiger partial charge in [0, 0.05) is 29.7 Å². The molecule has 1 aromatic carbocycles. The SMILES string of the molecule is Cc1nn(C)c(C)c1CC(=O)c1ccc(Cl)cc1F. The van der Waals surface area contributed by atoms with Crippen LogP contribution in [-0.2, 0) is 13.5 Å². The summed E-state index contributed by atoms with van der Waals surface area (Å²) >= 11 is 5.67. The van der Waals surface area contributed by atoms with Gasteiger partial charge in [0.25, 0.3) is 0 Å². The van der Waals surface area contributed by atoms with Crippen LogP contribution in [0.2, 0.25) is 5.02 Å². The lowest BCUT2D eigenvalue weighted by atomic mass is 10.0. The molecule has 100 valence electrons. The number of aryl methyl sites for hydroxylation is 2. The van der Waals surface area contributed by atoms with E-state index in [4.69, 9.17) is 11.6 Å². The Morgan fingerprint density at radius 3 is 2.63 bits per heavy atom. The number of carbonyl (C=O) groups excluding carboxylic acids is 1. The first kappa shape index (κ1) is 13.7. The predicted octanol–water partition coefficient (Wildman–Crippen LogP) is 3.25. The van der Waals surface area contributed by atoms with Gasteiger partial charge >= 0.3 is 0 Å². The monoisotopic (exact) mass is 280 g/mol. The molecule has 1 heterocycles. The molecule has 0 saturated heterocycles. The molecule has 0 bridgehead atoms. The minimum atomic E-state index is -0.586. The van der Waals surface area contributed by atoms with Gasteiger partial charge in [0.1, 0.15) is 5.82 Å². The van der Waals surface area contributed by atoms with Crippen LogP contribution in [0.5, 0.6) is 0 Å². The molecule has 2 rings (SSSR count). The zero-order chi connectivity index (χ0) is 14.2. The number of hydrogen-bond acceptors (Lipinski definition) is 2. The number of benzene rings is 1. The summed E-state index contributed by atoms with van der Waals surface area (Å²) in [7, 11) is 1.82. The maximum atomic E-state index is 13.7. The molecule has 0 N–H and O–H groups in total. The molecule has 0 aliphatic rings. The summed E-state index contributed by atoms with van der Waals surface area (Å²) in [4.78, 5) is 12.1. The lowest BCUT2D eigenvalue weighted by Crippen LogP contribution is -2.07. The molecule has 0 unspecified atom stereocenters. The van der Waals surface area contributed by atoms with Crippen molar-refractivity contribution in [3.05, 3.63) is 51.6 Å². The van der Waals surface area contributed by atoms with Crippen molar-refractivity contribution < 1.29 is 9.18 Å². The van der Waals surface area contributed by atoms with Gasteiger partial charge in [0.2, 0.25) is 0 Å². The summed E-state index contributed by atoms with van der Waals surface area (Å²) in [6.45, 7) is 3.73. The second-order valence-corrected chi connectivity index (χ2v) is 4.93. The van der Waals surface area contributed by atoms with E-state index in [1.54, 1.807) is 4.68 Å². The minimum Gasteiger partial charge on any atom is -0.294 e. The first-order valence-corrected chi connectivity index (χ1v) is 6.25. The molecule has 0 aliphatic carbocycles. The number of ketones is 1. The number of aromatic nitrogens is 2. The van der Waals surface area contributed by atoms with Crippen LogP contribution in [0.25, 0.3) is 0 Å². The number of hydrogen-bond donors (Lipinski definition) is 0.